The average molecular weight is 605 g/mol. The maximum Gasteiger partial charge on any atom is 0.141 e. The van der Waals surface area contributed by atoms with Crippen LogP contribution in [0.25, 0.3) is 44.5 Å². The third kappa shape index (κ3) is 4.38. The van der Waals surface area contributed by atoms with Crippen molar-refractivity contribution < 1.29 is 4.39 Å². The first-order valence-corrected chi connectivity index (χ1v) is 13.8. The summed E-state index contributed by atoms with van der Waals surface area (Å²) in [6.45, 7) is 3.08. The summed E-state index contributed by atoms with van der Waals surface area (Å²) >= 11 is 2.31. The molecule has 4 aromatic heterocycles. The molecule has 9 heteroatoms. The minimum absolute atomic E-state index is 0.0152. The van der Waals surface area contributed by atoms with Crippen LogP contribution in [0.4, 0.5) is 4.39 Å². The Morgan fingerprint density at radius 1 is 1.05 bits per heavy atom. The van der Waals surface area contributed by atoms with E-state index >= 15 is 0 Å². The second-order valence-corrected chi connectivity index (χ2v) is 10.4. The maximum absolute atomic E-state index is 14.8. The van der Waals surface area contributed by atoms with Crippen molar-refractivity contribution in [2.75, 3.05) is 20.1 Å². The number of imidazole rings is 1. The molecule has 1 fully saturated rings. The molecular weight excluding hydrogens is 580 g/mol. The van der Waals surface area contributed by atoms with E-state index in [1.807, 2.05) is 37.1 Å². The van der Waals surface area contributed by atoms with Gasteiger partial charge in [0.25, 0.3) is 0 Å². The van der Waals surface area contributed by atoms with E-state index in [2.05, 4.69) is 49.7 Å². The number of nitriles is 1. The SMILES string of the molecule is CN1CCC(Cn2cnc3c(-c4ccc(C#N)c(F)c4)c(-c4cnc5c(ccn5CI)c4)ncc32)CC1. The number of benzene rings is 1. The zero-order valence-corrected chi connectivity index (χ0v) is 22.6. The molecule has 0 saturated carbocycles. The molecule has 186 valence electrons. The van der Waals surface area contributed by atoms with Crippen molar-refractivity contribution in [3.05, 3.63) is 66.6 Å². The van der Waals surface area contributed by atoms with Gasteiger partial charge in [-0.2, -0.15) is 5.26 Å². The lowest BCUT2D eigenvalue weighted by Crippen LogP contribution is -2.31. The molecule has 1 aliphatic heterocycles. The molecule has 0 bridgehead atoms. The lowest BCUT2D eigenvalue weighted by atomic mass is 9.96. The average Bonchev–Trinajstić information content (AvgIpc) is 3.52. The molecule has 5 aromatic rings. The van der Waals surface area contributed by atoms with Crippen molar-refractivity contribution in [2.24, 2.45) is 5.92 Å². The van der Waals surface area contributed by atoms with Crippen LogP contribution in [0.3, 0.4) is 0 Å². The largest absolute Gasteiger partial charge is 0.329 e. The van der Waals surface area contributed by atoms with Crippen LogP contribution < -0.4 is 0 Å². The molecule has 0 N–H and O–H groups in total. The van der Waals surface area contributed by atoms with Crippen LogP contribution >= 0.6 is 22.6 Å². The summed E-state index contributed by atoms with van der Waals surface area (Å²) in [6.07, 6.45) is 9.89. The second kappa shape index (κ2) is 9.84. The Kier molecular flexibility index (Phi) is 6.38. The summed E-state index contributed by atoms with van der Waals surface area (Å²) in [5.74, 6) is 0.0269. The van der Waals surface area contributed by atoms with Crippen molar-refractivity contribution in [2.45, 2.75) is 23.9 Å². The summed E-state index contributed by atoms with van der Waals surface area (Å²) in [4.78, 5) is 16.8. The van der Waals surface area contributed by atoms with Gasteiger partial charge in [-0.25, -0.2) is 14.4 Å². The van der Waals surface area contributed by atoms with E-state index in [0.29, 0.717) is 17.2 Å². The molecule has 1 saturated heterocycles. The number of likely N-dealkylation sites (tertiary alicyclic amines) is 1. The molecule has 1 aromatic carbocycles. The van der Waals surface area contributed by atoms with Crippen molar-refractivity contribution in [1.29, 1.82) is 5.26 Å². The quantitative estimate of drug-likeness (QED) is 0.185. The third-order valence-electron chi connectivity index (χ3n) is 7.34. The van der Waals surface area contributed by atoms with Gasteiger partial charge in [-0.05, 0) is 68.7 Å². The number of alkyl halides is 1. The fourth-order valence-corrected chi connectivity index (χ4v) is 5.80. The number of hydrogen-bond donors (Lipinski definition) is 0. The highest BCUT2D eigenvalue weighted by Crippen LogP contribution is 2.37. The first-order chi connectivity index (χ1) is 18.1. The molecule has 1 aliphatic rings. The van der Waals surface area contributed by atoms with Gasteiger partial charge in [-0.3, -0.25) is 4.98 Å². The van der Waals surface area contributed by atoms with E-state index in [-0.39, 0.29) is 5.56 Å². The maximum atomic E-state index is 14.8. The molecule has 37 heavy (non-hydrogen) atoms. The number of nitrogens with zero attached hydrogens (tertiary/aromatic N) is 7. The number of aromatic nitrogens is 5. The van der Waals surface area contributed by atoms with E-state index in [1.54, 1.807) is 6.07 Å². The Morgan fingerprint density at radius 3 is 2.65 bits per heavy atom. The molecule has 0 radical (unpaired) electrons. The number of pyridine rings is 2. The van der Waals surface area contributed by atoms with Gasteiger partial charge >= 0.3 is 0 Å². The predicted molar refractivity (Wildman–Crippen MR) is 151 cm³/mol. The van der Waals surface area contributed by atoms with E-state index in [9.17, 15) is 9.65 Å². The second-order valence-electron chi connectivity index (χ2n) is 9.71. The Labute approximate surface area is 227 Å². The van der Waals surface area contributed by atoms with Crippen LogP contribution in [0.1, 0.15) is 18.4 Å². The Bertz CT molecular complexity index is 1660. The zero-order valence-electron chi connectivity index (χ0n) is 20.4. The van der Waals surface area contributed by atoms with Crippen LogP contribution in [0.2, 0.25) is 0 Å². The van der Waals surface area contributed by atoms with Crippen molar-refractivity contribution in [1.82, 2.24) is 29.0 Å². The Hall–Kier alpha value is -3.36. The van der Waals surface area contributed by atoms with E-state index in [1.165, 1.54) is 12.1 Å². The number of hydrogen-bond acceptors (Lipinski definition) is 5. The van der Waals surface area contributed by atoms with Crippen LogP contribution in [0.5, 0.6) is 0 Å². The van der Waals surface area contributed by atoms with Gasteiger partial charge in [-0.1, -0.05) is 28.7 Å². The monoisotopic (exact) mass is 605 g/mol. The molecule has 0 unspecified atom stereocenters. The molecule has 5 heterocycles. The van der Waals surface area contributed by atoms with E-state index in [4.69, 9.17) is 15.0 Å². The lowest BCUT2D eigenvalue weighted by Gasteiger charge is -2.29. The van der Waals surface area contributed by atoms with Crippen molar-refractivity contribution in [3.63, 3.8) is 0 Å². The summed E-state index contributed by atoms with van der Waals surface area (Å²) in [5.41, 5.74) is 5.54. The topological polar surface area (TPSA) is 75.6 Å². The number of halogens is 2. The van der Waals surface area contributed by atoms with E-state index < -0.39 is 5.82 Å². The van der Waals surface area contributed by atoms with Gasteiger partial charge in [0.2, 0.25) is 0 Å². The molecule has 0 atom stereocenters. The summed E-state index contributed by atoms with van der Waals surface area (Å²) in [7, 11) is 2.17. The Balaban J connectivity index is 1.50. The molecule has 6 rings (SSSR count). The summed E-state index contributed by atoms with van der Waals surface area (Å²) in [6, 6.07) is 10.7. The van der Waals surface area contributed by atoms with E-state index in [0.717, 1.165) is 70.2 Å². The molecule has 7 nitrogen and oxygen atoms in total. The fourth-order valence-electron chi connectivity index (χ4n) is 5.25. The summed E-state index contributed by atoms with van der Waals surface area (Å²) in [5, 5.41) is 10.3. The molecule has 0 aliphatic carbocycles. The van der Waals surface area contributed by atoms with Gasteiger partial charge in [0.15, 0.2) is 0 Å². The molecular formula is C28H25FIN7. The zero-order chi connectivity index (χ0) is 25.5. The van der Waals surface area contributed by atoms with Gasteiger partial charge in [-0.15, -0.1) is 0 Å². The number of rotatable bonds is 5. The third-order valence-corrected chi connectivity index (χ3v) is 8.08. The normalized spacial score (nSPS) is 15.0. The first kappa shape index (κ1) is 24.0. The van der Waals surface area contributed by atoms with Crippen LogP contribution in [-0.2, 0) is 11.1 Å². The lowest BCUT2D eigenvalue weighted by molar-refractivity contribution is 0.206. The highest BCUT2D eigenvalue weighted by Gasteiger charge is 2.22. The smallest absolute Gasteiger partial charge is 0.141 e. The first-order valence-electron chi connectivity index (χ1n) is 12.3. The predicted octanol–water partition coefficient (Wildman–Crippen LogP) is 5.86. The molecule has 0 spiro atoms. The Morgan fingerprint density at radius 2 is 1.89 bits per heavy atom. The fraction of sp³-hybridized carbons (Fsp3) is 0.286. The molecule has 0 amide bonds. The van der Waals surface area contributed by atoms with Crippen molar-refractivity contribution in [3.8, 4) is 28.5 Å². The van der Waals surface area contributed by atoms with Crippen LogP contribution in [0, 0.1) is 23.1 Å². The van der Waals surface area contributed by atoms with Gasteiger partial charge < -0.3 is 14.0 Å². The minimum atomic E-state index is -0.554. The van der Waals surface area contributed by atoms with Crippen LogP contribution in [0.15, 0.2) is 55.2 Å². The van der Waals surface area contributed by atoms with Crippen LogP contribution in [-0.4, -0.2) is 49.1 Å². The van der Waals surface area contributed by atoms with Gasteiger partial charge in [0.1, 0.15) is 23.1 Å². The number of fused-ring (bicyclic) bond motifs is 2. The summed E-state index contributed by atoms with van der Waals surface area (Å²) < 4.78 is 19.8. The van der Waals surface area contributed by atoms with Crippen molar-refractivity contribution >= 4 is 44.7 Å². The number of piperidine rings is 1. The highest BCUT2D eigenvalue weighted by molar-refractivity contribution is 14.1. The standard InChI is InChI=1S/C28H25FIN7/c1-35-7-4-18(5-8-35)15-37-17-34-27-24(37)14-32-26(25(27)19-2-3-21(12-31)23(29)11-19)22-10-20-6-9-36(16-30)28(20)33-13-22/h2-3,6,9-11,13-14,17-18H,4-5,7-8,15-16H2,1H3. The minimum Gasteiger partial charge on any atom is -0.329 e. The highest BCUT2D eigenvalue weighted by atomic mass is 127. The van der Waals surface area contributed by atoms with Gasteiger partial charge in [0.05, 0.1) is 33.8 Å². The van der Waals surface area contributed by atoms with Gasteiger partial charge in [0, 0.05) is 35.5 Å².